The SMILES string of the molecule is CCCCCC(=Cc1ccccc1)CN(CCN1CCOCC1)C(=O)NC1CCCCC1. The molecule has 2 amide bonds. The number of hydrogen-bond acceptors (Lipinski definition) is 3. The van der Waals surface area contributed by atoms with E-state index in [4.69, 9.17) is 4.74 Å². The normalized spacial score (nSPS) is 18.5. The Morgan fingerprint density at radius 2 is 1.88 bits per heavy atom. The Balaban J connectivity index is 1.68. The number of morpholine rings is 1. The molecule has 0 aromatic heterocycles. The highest BCUT2D eigenvalue weighted by Gasteiger charge is 2.22. The third-order valence-electron chi connectivity index (χ3n) is 6.68. The first kappa shape index (κ1) is 24.8. The van der Waals surface area contributed by atoms with Gasteiger partial charge in [-0.3, -0.25) is 4.90 Å². The van der Waals surface area contributed by atoms with Gasteiger partial charge in [0.1, 0.15) is 0 Å². The van der Waals surface area contributed by atoms with E-state index in [1.807, 2.05) is 0 Å². The van der Waals surface area contributed by atoms with Gasteiger partial charge in [-0.05, 0) is 31.2 Å². The standard InChI is InChI=1S/C27H43N3O2/c1-2-3-6-13-25(22-24-11-7-4-8-12-24)23-30(17-16-29-18-20-32-21-19-29)27(31)28-26-14-9-5-10-15-26/h4,7-8,11-12,22,26H,2-3,5-6,9-10,13-21,23H2,1H3,(H,28,31). The number of amides is 2. The van der Waals surface area contributed by atoms with Crippen LogP contribution in [0.1, 0.15) is 70.3 Å². The van der Waals surface area contributed by atoms with Gasteiger partial charge in [-0.25, -0.2) is 4.79 Å². The van der Waals surface area contributed by atoms with E-state index >= 15 is 0 Å². The zero-order valence-electron chi connectivity index (χ0n) is 20.1. The number of nitrogens with zero attached hydrogens (tertiary/aromatic N) is 2. The molecule has 5 nitrogen and oxygen atoms in total. The van der Waals surface area contributed by atoms with Gasteiger partial charge in [0.25, 0.3) is 0 Å². The molecule has 178 valence electrons. The van der Waals surface area contributed by atoms with Gasteiger partial charge < -0.3 is 15.0 Å². The van der Waals surface area contributed by atoms with E-state index < -0.39 is 0 Å². The van der Waals surface area contributed by atoms with Gasteiger partial charge in [-0.1, -0.05) is 81.0 Å². The summed E-state index contributed by atoms with van der Waals surface area (Å²) in [4.78, 5) is 17.8. The van der Waals surface area contributed by atoms with Crippen LogP contribution in [0.4, 0.5) is 4.79 Å². The molecule has 0 bridgehead atoms. The molecular formula is C27H43N3O2. The third kappa shape index (κ3) is 8.95. The summed E-state index contributed by atoms with van der Waals surface area (Å²) in [5.41, 5.74) is 2.57. The van der Waals surface area contributed by atoms with E-state index in [0.717, 1.165) is 58.7 Å². The van der Waals surface area contributed by atoms with Gasteiger partial charge in [0.2, 0.25) is 0 Å². The minimum absolute atomic E-state index is 0.111. The molecule has 2 aliphatic rings. The summed E-state index contributed by atoms with van der Waals surface area (Å²) in [6, 6.07) is 11.0. The third-order valence-corrected chi connectivity index (χ3v) is 6.68. The van der Waals surface area contributed by atoms with Crippen molar-refractivity contribution in [3.05, 3.63) is 41.5 Å². The van der Waals surface area contributed by atoms with Gasteiger partial charge in [-0.15, -0.1) is 0 Å². The van der Waals surface area contributed by atoms with Crippen LogP contribution in [0.5, 0.6) is 0 Å². The Morgan fingerprint density at radius 1 is 1.12 bits per heavy atom. The molecule has 1 saturated heterocycles. The average Bonchev–Trinajstić information content (AvgIpc) is 2.83. The molecule has 1 saturated carbocycles. The van der Waals surface area contributed by atoms with Crippen LogP contribution in [0, 0.1) is 0 Å². The Kier molecular flexibility index (Phi) is 11.1. The molecule has 0 spiro atoms. The van der Waals surface area contributed by atoms with E-state index in [1.54, 1.807) is 0 Å². The molecule has 1 aromatic rings. The van der Waals surface area contributed by atoms with Crippen molar-refractivity contribution < 1.29 is 9.53 Å². The number of rotatable bonds is 11. The maximum atomic E-state index is 13.3. The number of ether oxygens (including phenoxy) is 1. The second kappa shape index (κ2) is 14.3. The van der Waals surface area contributed by atoms with Gasteiger partial charge >= 0.3 is 6.03 Å². The Bertz CT molecular complexity index is 679. The smallest absolute Gasteiger partial charge is 0.317 e. The van der Waals surface area contributed by atoms with E-state index in [2.05, 4.69) is 58.4 Å². The summed E-state index contributed by atoms with van der Waals surface area (Å²) in [5, 5.41) is 3.36. The number of hydrogen-bond donors (Lipinski definition) is 1. The second-order valence-corrected chi connectivity index (χ2v) is 9.33. The minimum atomic E-state index is 0.111. The molecule has 1 aromatic carbocycles. The zero-order chi connectivity index (χ0) is 22.4. The topological polar surface area (TPSA) is 44.8 Å². The fourth-order valence-corrected chi connectivity index (χ4v) is 4.68. The highest BCUT2D eigenvalue weighted by molar-refractivity contribution is 5.75. The van der Waals surface area contributed by atoms with Crippen LogP contribution in [0.15, 0.2) is 35.9 Å². The first-order valence-corrected chi connectivity index (χ1v) is 12.8. The largest absolute Gasteiger partial charge is 0.379 e. The van der Waals surface area contributed by atoms with Gasteiger partial charge in [-0.2, -0.15) is 0 Å². The summed E-state index contributed by atoms with van der Waals surface area (Å²) in [5.74, 6) is 0. The number of carbonyl (C=O) groups is 1. The molecule has 1 N–H and O–H groups in total. The molecule has 1 aliphatic heterocycles. The quantitative estimate of drug-likeness (QED) is 0.472. The van der Waals surface area contributed by atoms with Crippen molar-refractivity contribution >= 4 is 12.1 Å². The molecule has 5 heteroatoms. The lowest BCUT2D eigenvalue weighted by molar-refractivity contribution is 0.0351. The maximum absolute atomic E-state index is 13.3. The number of benzene rings is 1. The van der Waals surface area contributed by atoms with E-state index in [1.165, 1.54) is 49.7 Å². The molecule has 1 heterocycles. The lowest BCUT2D eigenvalue weighted by Gasteiger charge is -2.32. The van der Waals surface area contributed by atoms with Crippen LogP contribution in [0.2, 0.25) is 0 Å². The first-order valence-electron chi connectivity index (χ1n) is 12.8. The molecule has 3 rings (SSSR count). The van der Waals surface area contributed by atoms with Crippen molar-refractivity contribution in [3.8, 4) is 0 Å². The molecule has 0 atom stereocenters. The number of unbranched alkanes of at least 4 members (excludes halogenated alkanes) is 2. The fourth-order valence-electron chi connectivity index (χ4n) is 4.68. The minimum Gasteiger partial charge on any atom is -0.379 e. The van der Waals surface area contributed by atoms with Crippen LogP contribution in [0.25, 0.3) is 6.08 Å². The highest BCUT2D eigenvalue weighted by atomic mass is 16.5. The van der Waals surface area contributed by atoms with Gasteiger partial charge in [0.15, 0.2) is 0 Å². The summed E-state index contributed by atoms with van der Waals surface area (Å²) in [6.45, 7) is 8.14. The molecule has 32 heavy (non-hydrogen) atoms. The molecular weight excluding hydrogens is 398 g/mol. The van der Waals surface area contributed by atoms with E-state index in [0.29, 0.717) is 12.6 Å². The number of urea groups is 1. The van der Waals surface area contributed by atoms with Crippen molar-refractivity contribution in [1.29, 1.82) is 0 Å². The Morgan fingerprint density at radius 3 is 2.59 bits per heavy atom. The van der Waals surface area contributed by atoms with Gasteiger partial charge in [0.05, 0.1) is 13.2 Å². The van der Waals surface area contributed by atoms with Crippen LogP contribution >= 0.6 is 0 Å². The molecule has 0 radical (unpaired) electrons. The summed E-state index contributed by atoms with van der Waals surface area (Å²) in [7, 11) is 0. The zero-order valence-corrected chi connectivity index (χ0v) is 20.1. The van der Waals surface area contributed by atoms with Crippen molar-refractivity contribution in [2.24, 2.45) is 0 Å². The lowest BCUT2D eigenvalue weighted by atomic mass is 9.96. The maximum Gasteiger partial charge on any atom is 0.317 e. The van der Waals surface area contributed by atoms with Crippen LogP contribution < -0.4 is 5.32 Å². The lowest BCUT2D eigenvalue weighted by Crippen LogP contribution is -2.49. The van der Waals surface area contributed by atoms with Gasteiger partial charge in [0, 0.05) is 38.8 Å². The molecule has 1 aliphatic carbocycles. The summed E-state index contributed by atoms with van der Waals surface area (Å²) >= 11 is 0. The summed E-state index contributed by atoms with van der Waals surface area (Å²) < 4.78 is 5.50. The van der Waals surface area contributed by atoms with Crippen molar-refractivity contribution in [3.63, 3.8) is 0 Å². The Hall–Kier alpha value is -1.85. The summed E-state index contributed by atoms with van der Waals surface area (Å²) in [6.07, 6.45) is 13.0. The second-order valence-electron chi connectivity index (χ2n) is 9.33. The monoisotopic (exact) mass is 441 g/mol. The van der Waals surface area contributed by atoms with Crippen molar-refractivity contribution in [2.45, 2.75) is 70.8 Å². The number of carbonyl (C=O) groups excluding carboxylic acids is 1. The fraction of sp³-hybridized carbons (Fsp3) is 0.667. The van der Waals surface area contributed by atoms with Crippen molar-refractivity contribution in [2.75, 3.05) is 45.9 Å². The first-order chi connectivity index (χ1) is 15.7. The van der Waals surface area contributed by atoms with Crippen molar-refractivity contribution in [1.82, 2.24) is 15.1 Å². The van der Waals surface area contributed by atoms with Crippen LogP contribution in [0.3, 0.4) is 0 Å². The van der Waals surface area contributed by atoms with Crippen LogP contribution in [-0.4, -0.2) is 67.8 Å². The molecule has 2 fully saturated rings. The van der Waals surface area contributed by atoms with E-state index in [9.17, 15) is 4.79 Å². The van der Waals surface area contributed by atoms with E-state index in [-0.39, 0.29) is 6.03 Å². The highest BCUT2D eigenvalue weighted by Crippen LogP contribution is 2.19. The Labute approximate surface area is 195 Å². The average molecular weight is 442 g/mol. The number of nitrogens with one attached hydrogen (secondary N) is 1. The predicted molar refractivity (Wildman–Crippen MR) is 133 cm³/mol. The van der Waals surface area contributed by atoms with Crippen LogP contribution in [-0.2, 0) is 4.74 Å². The molecule has 0 unspecified atom stereocenters. The predicted octanol–water partition coefficient (Wildman–Crippen LogP) is 5.33.